The molecule has 0 bridgehead atoms. The van der Waals surface area contributed by atoms with E-state index in [4.69, 9.17) is 9.72 Å². The smallest absolute Gasteiger partial charge is 0.256 e. The zero-order chi connectivity index (χ0) is 24.7. The van der Waals surface area contributed by atoms with Crippen LogP contribution in [0.15, 0.2) is 85.1 Å². The molecule has 0 spiro atoms. The van der Waals surface area contributed by atoms with Crippen LogP contribution in [0.2, 0.25) is 0 Å². The number of nitrogens with zero attached hydrogens (tertiary/aromatic N) is 3. The summed E-state index contributed by atoms with van der Waals surface area (Å²) in [7, 11) is 1.66. The van der Waals surface area contributed by atoms with Gasteiger partial charge in [-0.15, -0.1) is 0 Å². The molecule has 2 heterocycles. The van der Waals surface area contributed by atoms with Crippen LogP contribution in [0.5, 0.6) is 5.75 Å². The molecule has 0 aliphatic carbocycles. The first-order valence-electron chi connectivity index (χ1n) is 12.1. The number of nitrogens with one attached hydrogen (secondary N) is 2. The van der Waals surface area contributed by atoms with Crippen molar-refractivity contribution in [2.24, 2.45) is 0 Å². The first kappa shape index (κ1) is 23.4. The van der Waals surface area contributed by atoms with Gasteiger partial charge in [0.1, 0.15) is 17.1 Å². The summed E-state index contributed by atoms with van der Waals surface area (Å²) in [4.78, 5) is 24.6. The van der Waals surface area contributed by atoms with Gasteiger partial charge in [-0.25, -0.2) is 4.98 Å². The molecule has 0 atom stereocenters. The Bertz CT molecular complexity index is 1330. The summed E-state index contributed by atoms with van der Waals surface area (Å²) in [6.07, 6.45) is 3.35. The Morgan fingerprint density at radius 1 is 0.972 bits per heavy atom. The molecule has 0 radical (unpaired) electrons. The van der Waals surface area contributed by atoms with Crippen LogP contribution in [0, 0.1) is 0 Å². The average molecular weight is 480 g/mol. The predicted octanol–water partition coefficient (Wildman–Crippen LogP) is 4.76. The second kappa shape index (κ2) is 10.9. The van der Waals surface area contributed by atoms with E-state index in [0.29, 0.717) is 30.4 Å². The molecule has 7 heteroatoms. The van der Waals surface area contributed by atoms with Crippen LogP contribution >= 0.6 is 0 Å². The summed E-state index contributed by atoms with van der Waals surface area (Å²) < 4.78 is 5.25. The fraction of sp³-hybridized carbons (Fsp3) is 0.207. The van der Waals surface area contributed by atoms with Gasteiger partial charge in [0.25, 0.3) is 5.91 Å². The maximum absolute atomic E-state index is 13.1. The number of methoxy groups -OCH3 is 1. The normalized spacial score (nSPS) is 12.2. The van der Waals surface area contributed by atoms with Crippen molar-refractivity contribution < 1.29 is 9.53 Å². The van der Waals surface area contributed by atoms with E-state index in [0.717, 1.165) is 36.4 Å². The van der Waals surface area contributed by atoms with Crippen molar-refractivity contribution in [3.8, 4) is 5.75 Å². The molecular weight excluding hydrogens is 450 g/mol. The van der Waals surface area contributed by atoms with Crippen LogP contribution in [-0.4, -0.2) is 36.1 Å². The summed E-state index contributed by atoms with van der Waals surface area (Å²) in [6, 6.07) is 26.1. The van der Waals surface area contributed by atoms with Gasteiger partial charge in [0.2, 0.25) is 5.95 Å². The van der Waals surface area contributed by atoms with E-state index in [-0.39, 0.29) is 5.91 Å². The van der Waals surface area contributed by atoms with Gasteiger partial charge >= 0.3 is 0 Å². The predicted molar refractivity (Wildman–Crippen MR) is 142 cm³/mol. The highest BCUT2D eigenvalue weighted by Gasteiger charge is 2.24. The molecule has 1 aliphatic heterocycles. The van der Waals surface area contributed by atoms with Crippen LogP contribution in [0.25, 0.3) is 0 Å². The lowest BCUT2D eigenvalue weighted by atomic mass is 10.1. The third kappa shape index (κ3) is 5.30. The van der Waals surface area contributed by atoms with Crippen molar-refractivity contribution in [2.75, 3.05) is 30.4 Å². The SMILES string of the molecule is COc1ccc(CCNc2nc(N3CCc4ccccc43)ncc2C(=O)NCc2ccccc2)cc1. The molecule has 3 aromatic carbocycles. The van der Waals surface area contributed by atoms with Crippen molar-refractivity contribution in [3.63, 3.8) is 0 Å². The number of carbonyl (C=O) groups is 1. The third-order valence-electron chi connectivity index (χ3n) is 6.31. The maximum atomic E-state index is 13.1. The number of hydrogen-bond acceptors (Lipinski definition) is 6. The molecule has 1 amide bonds. The van der Waals surface area contributed by atoms with E-state index in [1.54, 1.807) is 13.3 Å². The molecule has 36 heavy (non-hydrogen) atoms. The van der Waals surface area contributed by atoms with E-state index >= 15 is 0 Å². The largest absolute Gasteiger partial charge is 0.497 e. The fourth-order valence-corrected chi connectivity index (χ4v) is 4.34. The maximum Gasteiger partial charge on any atom is 0.256 e. The Morgan fingerprint density at radius 3 is 2.56 bits per heavy atom. The van der Waals surface area contributed by atoms with Gasteiger partial charge in [-0.2, -0.15) is 4.98 Å². The standard InChI is InChI=1S/C29H29N5O2/c1-36-24-13-11-21(12-14-24)15-17-30-27-25(28(35)31-19-22-7-3-2-4-8-22)20-32-29(33-27)34-18-16-23-9-5-6-10-26(23)34/h2-14,20H,15-19H2,1H3,(H,31,35)(H,30,32,33). The van der Waals surface area contributed by atoms with Gasteiger partial charge in [-0.1, -0.05) is 60.7 Å². The monoisotopic (exact) mass is 479 g/mol. The minimum absolute atomic E-state index is 0.209. The number of carbonyl (C=O) groups excluding carboxylic acids is 1. The average Bonchev–Trinajstić information content (AvgIpc) is 3.37. The van der Waals surface area contributed by atoms with Gasteiger partial charge in [-0.05, 0) is 47.7 Å². The second-order valence-electron chi connectivity index (χ2n) is 8.66. The first-order chi connectivity index (χ1) is 17.7. The van der Waals surface area contributed by atoms with Gasteiger partial charge in [-0.3, -0.25) is 4.79 Å². The zero-order valence-corrected chi connectivity index (χ0v) is 20.3. The lowest BCUT2D eigenvalue weighted by molar-refractivity contribution is 0.0951. The minimum Gasteiger partial charge on any atom is -0.497 e. The molecule has 0 fully saturated rings. The number of hydrogen-bond donors (Lipinski definition) is 2. The van der Waals surface area contributed by atoms with Crippen LogP contribution in [-0.2, 0) is 19.4 Å². The lowest BCUT2D eigenvalue weighted by Crippen LogP contribution is -2.26. The third-order valence-corrected chi connectivity index (χ3v) is 6.31. The van der Waals surface area contributed by atoms with Gasteiger partial charge < -0.3 is 20.3 Å². The molecular formula is C29H29N5O2. The number of anilines is 3. The first-order valence-corrected chi connectivity index (χ1v) is 12.1. The molecule has 0 unspecified atom stereocenters. The summed E-state index contributed by atoms with van der Waals surface area (Å²) in [5.41, 5.74) is 5.02. The number of aromatic nitrogens is 2. The number of para-hydroxylation sites is 1. The quantitative estimate of drug-likeness (QED) is 0.360. The molecule has 1 aliphatic rings. The summed E-state index contributed by atoms with van der Waals surface area (Å²) in [6.45, 7) is 1.87. The minimum atomic E-state index is -0.209. The van der Waals surface area contributed by atoms with E-state index in [1.165, 1.54) is 11.1 Å². The van der Waals surface area contributed by atoms with Crippen LogP contribution in [0.4, 0.5) is 17.5 Å². The van der Waals surface area contributed by atoms with Crippen LogP contribution < -0.4 is 20.3 Å². The molecule has 7 nitrogen and oxygen atoms in total. The zero-order valence-electron chi connectivity index (χ0n) is 20.3. The highest BCUT2D eigenvalue weighted by atomic mass is 16.5. The van der Waals surface area contributed by atoms with Gasteiger partial charge in [0.15, 0.2) is 0 Å². The van der Waals surface area contributed by atoms with E-state index in [1.807, 2.05) is 60.7 Å². The Labute approximate surface area is 211 Å². The molecule has 5 rings (SSSR count). The number of benzene rings is 3. The number of ether oxygens (including phenoxy) is 1. The highest BCUT2D eigenvalue weighted by molar-refractivity contribution is 5.98. The van der Waals surface area contributed by atoms with Gasteiger partial charge in [0.05, 0.1) is 7.11 Å². The lowest BCUT2D eigenvalue weighted by Gasteiger charge is -2.19. The van der Waals surface area contributed by atoms with Crippen molar-refractivity contribution in [3.05, 3.63) is 107 Å². The Morgan fingerprint density at radius 2 is 1.75 bits per heavy atom. The van der Waals surface area contributed by atoms with E-state index in [9.17, 15) is 4.79 Å². The summed E-state index contributed by atoms with van der Waals surface area (Å²) in [5, 5.41) is 6.38. The molecule has 182 valence electrons. The van der Waals surface area contributed by atoms with Crippen molar-refractivity contribution >= 4 is 23.4 Å². The van der Waals surface area contributed by atoms with Crippen LogP contribution in [0.3, 0.4) is 0 Å². The number of amides is 1. The van der Waals surface area contributed by atoms with Crippen LogP contribution in [0.1, 0.15) is 27.0 Å². The highest BCUT2D eigenvalue weighted by Crippen LogP contribution is 2.33. The molecule has 1 aromatic heterocycles. The van der Waals surface area contributed by atoms with Crippen molar-refractivity contribution in [2.45, 2.75) is 19.4 Å². The molecule has 4 aromatic rings. The van der Waals surface area contributed by atoms with E-state index < -0.39 is 0 Å². The Kier molecular flexibility index (Phi) is 7.07. The molecule has 0 saturated heterocycles. The second-order valence-corrected chi connectivity index (χ2v) is 8.66. The number of rotatable bonds is 9. The van der Waals surface area contributed by atoms with Crippen molar-refractivity contribution in [1.82, 2.24) is 15.3 Å². The summed E-state index contributed by atoms with van der Waals surface area (Å²) >= 11 is 0. The van der Waals surface area contributed by atoms with Crippen molar-refractivity contribution in [1.29, 1.82) is 0 Å². The topological polar surface area (TPSA) is 79.4 Å². The molecule has 0 saturated carbocycles. The number of fused-ring (bicyclic) bond motifs is 1. The Balaban J connectivity index is 1.35. The van der Waals surface area contributed by atoms with E-state index in [2.05, 4.69) is 38.7 Å². The Hall–Kier alpha value is -4.39. The fourth-order valence-electron chi connectivity index (χ4n) is 4.34. The summed E-state index contributed by atoms with van der Waals surface area (Å²) in [5.74, 6) is 1.74. The van der Waals surface area contributed by atoms with Gasteiger partial charge in [0, 0.05) is 31.5 Å². The molecule has 2 N–H and O–H groups in total.